The monoisotopic (exact) mass is 358 g/mol. The topological polar surface area (TPSA) is 85.2 Å². The first-order valence-electron chi connectivity index (χ1n) is 5.32. The zero-order chi connectivity index (χ0) is 13.3. The van der Waals surface area contributed by atoms with E-state index in [9.17, 15) is 9.59 Å². The van der Waals surface area contributed by atoms with Crippen molar-refractivity contribution in [3.8, 4) is 0 Å². The van der Waals surface area contributed by atoms with Crippen LogP contribution in [-0.2, 0) is 4.74 Å². The number of rotatable bonds is 2. The molecule has 0 saturated carbocycles. The van der Waals surface area contributed by atoms with Crippen LogP contribution in [0, 0.1) is 3.57 Å². The van der Waals surface area contributed by atoms with Crippen molar-refractivity contribution in [2.45, 2.75) is 6.92 Å². The van der Waals surface area contributed by atoms with Crippen molar-refractivity contribution in [2.75, 3.05) is 12.3 Å². The predicted octanol–water partition coefficient (Wildman–Crippen LogP) is 1.89. The van der Waals surface area contributed by atoms with Crippen LogP contribution in [0.3, 0.4) is 0 Å². The lowest BCUT2D eigenvalue weighted by Gasteiger charge is -2.06. The molecule has 0 saturated heterocycles. The van der Waals surface area contributed by atoms with Crippen LogP contribution in [0.1, 0.15) is 17.3 Å². The van der Waals surface area contributed by atoms with Crippen LogP contribution in [0.15, 0.2) is 23.1 Å². The highest BCUT2D eigenvalue weighted by molar-refractivity contribution is 14.1. The second-order valence-corrected chi connectivity index (χ2v) is 4.92. The second kappa shape index (κ2) is 4.97. The Morgan fingerprint density at radius 1 is 1.50 bits per heavy atom. The fourth-order valence-electron chi connectivity index (χ4n) is 1.68. The average Bonchev–Trinajstić information content (AvgIpc) is 2.30. The summed E-state index contributed by atoms with van der Waals surface area (Å²) >= 11 is 2.07. The maximum Gasteiger partial charge on any atom is 0.343 e. The number of hydrogen-bond acceptors (Lipinski definition) is 4. The zero-order valence-electron chi connectivity index (χ0n) is 9.62. The van der Waals surface area contributed by atoms with Crippen LogP contribution in [0.2, 0.25) is 0 Å². The largest absolute Gasteiger partial charge is 0.462 e. The molecule has 2 rings (SSSR count). The van der Waals surface area contributed by atoms with Crippen LogP contribution in [0.25, 0.3) is 10.9 Å². The van der Waals surface area contributed by atoms with Gasteiger partial charge in [0, 0.05) is 15.2 Å². The number of anilines is 1. The number of ether oxygens (including phenoxy) is 1. The number of carbonyl (C=O) groups is 1. The number of H-pyrrole nitrogens is 1. The third-order valence-electron chi connectivity index (χ3n) is 2.48. The van der Waals surface area contributed by atoms with E-state index in [-0.39, 0.29) is 17.6 Å². The van der Waals surface area contributed by atoms with E-state index < -0.39 is 5.97 Å². The number of aromatic nitrogens is 1. The Kier molecular flexibility index (Phi) is 3.55. The van der Waals surface area contributed by atoms with Crippen molar-refractivity contribution >= 4 is 45.2 Å². The molecule has 3 N–H and O–H groups in total. The number of hydrogen-bond donors (Lipinski definition) is 2. The number of nitrogen functional groups attached to an aromatic ring is 1. The summed E-state index contributed by atoms with van der Waals surface area (Å²) in [6.45, 7) is 1.92. The summed E-state index contributed by atoms with van der Waals surface area (Å²) in [6.07, 6.45) is 1.34. The molecule has 0 spiro atoms. The van der Waals surface area contributed by atoms with Gasteiger partial charge in [0.15, 0.2) is 0 Å². The van der Waals surface area contributed by atoms with Crippen molar-refractivity contribution in [1.29, 1.82) is 0 Å². The summed E-state index contributed by atoms with van der Waals surface area (Å²) in [5.74, 6) is -0.627. The maximum atomic E-state index is 12.2. The third-order valence-corrected chi connectivity index (χ3v) is 3.10. The molecule has 0 fully saturated rings. The Balaban J connectivity index is 2.71. The highest BCUT2D eigenvalue weighted by Gasteiger charge is 2.15. The second-order valence-electron chi connectivity index (χ2n) is 3.67. The molecule has 2 aromatic rings. The normalized spacial score (nSPS) is 10.6. The minimum Gasteiger partial charge on any atom is -0.462 e. The van der Waals surface area contributed by atoms with Crippen LogP contribution in [0.4, 0.5) is 5.69 Å². The molecule has 6 heteroatoms. The minimum absolute atomic E-state index is 0.00856. The van der Waals surface area contributed by atoms with Gasteiger partial charge < -0.3 is 15.5 Å². The molecule has 0 radical (unpaired) electrons. The number of fused-ring (bicyclic) bond motifs is 1. The Labute approximate surface area is 116 Å². The lowest BCUT2D eigenvalue weighted by molar-refractivity contribution is 0.0524. The van der Waals surface area contributed by atoms with Gasteiger partial charge in [-0.2, -0.15) is 0 Å². The smallest absolute Gasteiger partial charge is 0.343 e. The Hall–Kier alpha value is -1.57. The van der Waals surface area contributed by atoms with Crippen molar-refractivity contribution in [2.24, 2.45) is 0 Å². The van der Waals surface area contributed by atoms with Crippen LogP contribution in [0.5, 0.6) is 0 Å². The fraction of sp³-hybridized carbons (Fsp3) is 0.167. The van der Waals surface area contributed by atoms with Gasteiger partial charge >= 0.3 is 5.97 Å². The number of pyridine rings is 1. The summed E-state index contributed by atoms with van der Waals surface area (Å²) in [6, 6.07) is 3.44. The molecule has 0 amide bonds. The summed E-state index contributed by atoms with van der Waals surface area (Å²) in [5.41, 5.74) is 6.45. The van der Waals surface area contributed by atoms with Gasteiger partial charge in [-0.25, -0.2) is 4.79 Å². The Bertz CT molecular complexity index is 679. The number of nitrogens with one attached hydrogen (secondary N) is 1. The summed E-state index contributed by atoms with van der Waals surface area (Å²) in [7, 11) is 0. The van der Waals surface area contributed by atoms with Gasteiger partial charge in [-0.15, -0.1) is 0 Å². The molecule has 1 aromatic heterocycles. The van der Waals surface area contributed by atoms with Gasteiger partial charge in [-0.1, -0.05) is 0 Å². The van der Waals surface area contributed by atoms with Gasteiger partial charge in [0.05, 0.1) is 17.8 Å². The summed E-state index contributed by atoms with van der Waals surface area (Å²) < 4.78 is 5.66. The van der Waals surface area contributed by atoms with Crippen LogP contribution < -0.4 is 11.2 Å². The van der Waals surface area contributed by atoms with E-state index in [2.05, 4.69) is 27.6 Å². The highest BCUT2D eigenvalue weighted by Crippen LogP contribution is 2.20. The lowest BCUT2D eigenvalue weighted by atomic mass is 10.1. The van der Waals surface area contributed by atoms with Crippen LogP contribution in [-0.4, -0.2) is 17.6 Å². The predicted molar refractivity (Wildman–Crippen MR) is 77.7 cm³/mol. The number of carbonyl (C=O) groups excluding carboxylic acids is 1. The molecular weight excluding hydrogens is 347 g/mol. The number of nitrogens with two attached hydrogens (primary N) is 1. The Morgan fingerprint density at radius 2 is 2.22 bits per heavy atom. The first-order valence-corrected chi connectivity index (χ1v) is 6.40. The minimum atomic E-state index is -0.627. The molecular formula is C12H11IN2O3. The van der Waals surface area contributed by atoms with Crippen molar-refractivity contribution < 1.29 is 9.53 Å². The van der Waals surface area contributed by atoms with Gasteiger partial charge in [0.1, 0.15) is 5.56 Å². The SMILES string of the molecule is CCOC(=O)c1c[nH]c2c(N)cc(I)cc2c1=O. The first kappa shape index (κ1) is 12.9. The molecule has 0 aliphatic carbocycles. The first-order chi connectivity index (χ1) is 8.54. The molecule has 0 atom stereocenters. The van der Waals surface area contributed by atoms with E-state index >= 15 is 0 Å². The van der Waals surface area contributed by atoms with E-state index in [0.717, 1.165) is 3.57 Å². The van der Waals surface area contributed by atoms with E-state index in [1.54, 1.807) is 19.1 Å². The van der Waals surface area contributed by atoms with E-state index in [0.29, 0.717) is 16.6 Å². The summed E-state index contributed by atoms with van der Waals surface area (Å²) in [4.78, 5) is 26.6. The van der Waals surface area contributed by atoms with Gasteiger partial charge in [0.2, 0.25) is 5.43 Å². The molecule has 1 heterocycles. The molecule has 0 unspecified atom stereocenters. The molecule has 94 valence electrons. The molecule has 5 nitrogen and oxygen atoms in total. The van der Waals surface area contributed by atoms with E-state index in [4.69, 9.17) is 10.5 Å². The van der Waals surface area contributed by atoms with Gasteiger partial charge in [0.25, 0.3) is 0 Å². The van der Waals surface area contributed by atoms with Gasteiger partial charge in [-0.05, 0) is 41.6 Å². The number of aromatic amines is 1. The van der Waals surface area contributed by atoms with E-state index in [1.165, 1.54) is 6.20 Å². The van der Waals surface area contributed by atoms with Crippen molar-refractivity contribution in [3.63, 3.8) is 0 Å². The Morgan fingerprint density at radius 3 is 2.89 bits per heavy atom. The van der Waals surface area contributed by atoms with Gasteiger partial charge in [-0.3, -0.25) is 4.79 Å². The molecule has 18 heavy (non-hydrogen) atoms. The molecule has 0 bridgehead atoms. The quantitative estimate of drug-likeness (QED) is 0.488. The average molecular weight is 358 g/mol. The molecule has 1 aromatic carbocycles. The fourth-order valence-corrected chi connectivity index (χ4v) is 2.33. The van der Waals surface area contributed by atoms with Crippen molar-refractivity contribution in [3.05, 3.63) is 37.7 Å². The zero-order valence-corrected chi connectivity index (χ0v) is 11.8. The highest BCUT2D eigenvalue weighted by atomic mass is 127. The molecule has 0 aliphatic heterocycles. The lowest BCUT2D eigenvalue weighted by Crippen LogP contribution is -2.18. The van der Waals surface area contributed by atoms with Crippen LogP contribution >= 0.6 is 22.6 Å². The van der Waals surface area contributed by atoms with E-state index in [1.807, 2.05) is 0 Å². The third kappa shape index (κ3) is 2.20. The van der Waals surface area contributed by atoms with Crippen molar-refractivity contribution in [1.82, 2.24) is 4.98 Å². The molecule has 0 aliphatic rings. The number of benzene rings is 1. The summed E-state index contributed by atoms with van der Waals surface area (Å²) in [5, 5.41) is 0.393. The number of esters is 1. The number of halogens is 1. The standard InChI is InChI=1S/C12H11IN2O3/c1-2-18-12(17)8-5-15-10-7(11(8)16)3-6(13)4-9(10)14/h3-5H,2,14H2,1H3,(H,15,16). The maximum absolute atomic E-state index is 12.2.